The second kappa shape index (κ2) is 11.2. The Hall–Kier alpha value is -3.02. The smallest absolute Gasteiger partial charge is 0.338 e. The van der Waals surface area contributed by atoms with E-state index >= 15 is 0 Å². The zero-order valence-electron chi connectivity index (χ0n) is 18.4. The monoisotopic (exact) mass is 413 g/mol. The molecule has 1 N–H and O–H groups in total. The van der Waals surface area contributed by atoms with Gasteiger partial charge in [-0.3, -0.25) is 4.79 Å². The van der Waals surface area contributed by atoms with Crippen molar-refractivity contribution in [2.45, 2.75) is 40.5 Å². The molecule has 2 rings (SSSR count). The first kappa shape index (κ1) is 23.3. The molecule has 0 aromatic heterocycles. The van der Waals surface area contributed by atoms with Gasteiger partial charge >= 0.3 is 5.97 Å². The van der Waals surface area contributed by atoms with Gasteiger partial charge in [0.2, 0.25) is 0 Å². The number of benzene rings is 2. The molecule has 0 fully saturated rings. The first-order chi connectivity index (χ1) is 14.3. The number of ether oxygens (including phenoxy) is 3. The highest BCUT2D eigenvalue weighted by molar-refractivity contribution is 5.96. The molecule has 0 aliphatic carbocycles. The van der Waals surface area contributed by atoms with Crippen LogP contribution in [0.4, 0.5) is 5.69 Å². The topological polar surface area (TPSA) is 73.9 Å². The zero-order chi connectivity index (χ0) is 22.1. The van der Waals surface area contributed by atoms with Gasteiger partial charge < -0.3 is 19.5 Å². The van der Waals surface area contributed by atoms with Crippen LogP contribution in [0.5, 0.6) is 11.5 Å². The van der Waals surface area contributed by atoms with Gasteiger partial charge in [0.25, 0.3) is 5.91 Å². The number of para-hydroxylation sites is 1. The second-order valence-electron chi connectivity index (χ2n) is 7.48. The Morgan fingerprint density at radius 1 is 1.10 bits per heavy atom. The van der Waals surface area contributed by atoms with Crippen LogP contribution in [-0.4, -0.2) is 32.2 Å². The van der Waals surface area contributed by atoms with Crippen molar-refractivity contribution >= 4 is 17.6 Å². The molecule has 6 heteroatoms. The summed E-state index contributed by atoms with van der Waals surface area (Å²) in [5.41, 5.74) is 3.06. The van der Waals surface area contributed by atoms with E-state index in [1.165, 1.54) is 7.11 Å². The highest BCUT2D eigenvalue weighted by Gasteiger charge is 2.15. The largest absolute Gasteiger partial charge is 0.493 e. The van der Waals surface area contributed by atoms with Gasteiger partial charge in [-0.25, -0.2) is 4.79 Å². The zero-order valence-corrected chi connectivity index (χ0v) is 18.4. The standard InChI is InChI=1S/C24H31NO5/c1-6-18-9-7-8-17(4)23(18)25-22(26)15-30-24(27)19-10-11-20(21(14-19)28-5)29-13-12-16(2)3/h7-11,14,16H,6,12-13,15H2,1-5H3,(H,25,26). The normalized spacial score (nSPS) is 10.6. The fourth-order valence-corrected chi connectivity index (χ4v) is 2.91. The summed E-state index contributed by atoms with van der Waals surface area (Å²) in [6.07, 6.45) is 1.71. The number of carbonyl (C=O) groups is 2. The van der Waals surface area contributed by atoms with Crippen molar-refractivity contribution in [1.82, 2.24) is 0 Å². The molecule has 162 valence electrons. The summed E-state index contributed by atoms with van der Waals surface area (Å²) < 4.78 is 16.2. The molecule has 2 aromatic rings. The van der Waals surface area contributed by atoms with Crippen molar-refractivity contribution in [1.29, 1.82) is 0 Å². The summed E-state index contributed by atoms with van der Waals surface area (Å²) in [6.45, 7) is 8.39. The number of nitrogens with one attached hydrogen (secondary N) is 1. The molecular formula is C24H31NO5. The summed E-state index contributed by atoms with van der Waals surface area (Å²) >= 11 is 0. The van der Waals surface area contributed by atoms with Crippen LogP contribution >= 0.6 is 0 Å². The summed E-state index contributed by atoms with van der Waals surface area (Å²) in [7, 11) is 1.51. The summed E-state index contributed by atoms with van der Waals surface area (Å²) in [4.78, 5) is 24.7. The van der Waals surface area contributed by atoms with Crippen LogP contribution < -0.4 is 14.8 Å². The van der Waals surface area contributed by atoms with Gasteiger partial charge in [-0.2, -0.15) is 0 Å². The molecule has 0 saturated heterocycles. The predicted molar refractivity (Wildman–Crippen MR) is 117 cm³/mol. The lowest BCUT2D eigenvalue weighted by Gasteiger charge is -2.14. The van der Waals surface area contributed by atoms with Crippen LogP contribution in [0.2, 0.25) is 0 Å². The van der Waals surface area contributed by atoms with E-state index < -0.39 is 5.97 Å². The third-order valence-corrected chi connectivity index (χ3v) is 4.69. The van der Waals surface area contributed by atoms with Gasteiger partial charge in [0.15, 0.2) is 18.1 Å². The minimum absolute atomic E-state index is 0.293. The number of aryl methyl sites for hydroxylation is 2. The lowest BCUT2D eigenvalue weighted by atomic mass is 10.1. The molecule has 0 atom stereocenters. The van der Waals surface area contributed by atoms with E-state index in [4.69, 9.17) is 14.2 Å². The third-order valence-electron chi connectivity index (χ3n) is 4.69. The molecule has 0 unspecified atom stereocenters. The Labute approximate surface area is 178 Å². The molecule has 2 aromatic carbocycles. The van der Waals surface area contributed by atoms with E-state index in [0.29, 0.717) is 29.6 Å². The fourth-order valence-electron chi connectivity index (χ4n) is 2.91. The third kappa shape index (κ3) is 6.51. The quantitative estimate of drug-likeness (QED) is 0.567. The van der Waals surface area contributed by atoms with Crippen molar-refractivity contribution in [3.8, 4) is 11.5 Å². The number of hydrogen-bond acceptors (Lipinski definition) is 5. The number of anilines is 1. The highest BCUT2D eigenvalue weighted by Crippen LogP contribution is 2.29. The van der Waals surface area contributed by atoms with Crippen LogP contribution in [0.1, 0.15) is 48.7 Å². The van der Waals surface area contributed by atoms with Crippen LogP contribution in [0.3, 0.4) is 0 Å². The molecule has 0 spiro atoms. The fraction of sp³-hybridized carbons (Fsp3) is 0.417. The van der Waals surface area contributed by atoms with E-state index in [1.54, 1.807) is 18.2 Å². The molecule has 6 nitrogen and oxygen atoms in total. The Balaban J connectivity index is 1.96. The average Bonchev–Trinajstić information content (AvgIpc) is 2.73. The van der Waals surface area contributed by atoms with Crippen molar-refractivity contribution in [3.63, 3.8) is 0 Å². The van der Waals surface area contributed by atoms with E-state index in [-0.39, 0.29) is 12.5 Å². The summed E-state index contributed by atoms with van der Waals surface area (Å²) in [6, 6.07) is 10.7. The van der Waals surface area contributed by atoms with E-state index in [0.717, 1.165) is 29.7 Å². The van der Waals surface area contributed by atoms with Gasteiger partial charge in [0, 0.05) is 5.69 Å². The van der Waals surface area contributed by atoms with Crippen LogP contribution in [0, 0.1) is 12.8 Å². The van der Waals surface area contributed by atoms with Crippen LogP contribution in [0.25, 0.3) is 0 Å². The Bertz CT molecular complexity index is 876. The molecule has 0 heterocycles. The maximum absolute atomic E-state index is 12.4. The van der Waals surface area contributed by atoms with Crippen molar-refractivity contribution in [3.05, 3.63) is 53.1 Å². The molecular weight excluding hydrogens is 382 g/mol. The molecule has 30 heavy (non-hydrogen) atoms. The van der Waals surface area contributed by atoms with Crippen molar-refractivity contribution in [2.24, 2.45) is 5.92 Å². The van der Waals surface area contributed by atoms with E-state index in [2.05, 4.69) is 19.2 Å². The molecule has 1 amide bonds. The van der Waals surface area contributed by atoms with Gasteiger partial charge in [-0.15, -0.1) is 0 Å². The molecule has 0 aliphatic heterocycles. The van der Waals surface area contributed by atoms with Gasteiger partial charge in [-0.05, 0) is 55.0 Å². The first-order valence-electron chi connectivity index (χ1n) is 10.2. The van der Waals surface area contributed by atoms with Gasteiger partial charge in [-0.1, -0.05) is 39.0 Å². The minimum atomic E-state index is -0.599. The second-order valence-corrected chi connectivity index (χ2v) is 7.48. The SMILES string of the molecule is CCc1cccc(C)c1NC(=O)COC(=O)c1ccc(OCCC(C)C)c(OC)c1. The number of esters is 1. The van der Waals surface area contributed by atoms with Crippen LogP contribution in [-0.2, 0) is 16.0 Å². The number of methoxy groups -OCH3 is 1. The first-order valence-corrected chi connectivity index (χ1v) is 10.2. The predicted octanol–water partition coefficient (Wildman–Crippen LogP) is 4.79. The number of carbonyl (C=O) groups excluding carboxylic acids is 2. The minimum Gasteiger partial charge on any atom is -0.493 e. The maximum atomic E-state index is 12.4. The summed E-state index contributed by atoms with van der Waals surface area (Å²) in [5.74, 6) is 0.569. The van der Waals surface area contributed by atoms with E-state index in [9.17, 15) is 9.59 Å². The molecule has 0 saturated carbocycles. The average molecular weight is 414 g/mol. The van der Waals surface area contributed by atoms with Crippen LogP contribution in [0.15, 0.2) is 36.4 Å². The number of rotatable bonds is 10. The Morgan fingerprint density at radius 3 is 2.53 bits per heavy atom. The molecule has 0 bridgehead atoms. The van der Waals surface area contributed by atoms with Gasteiger partial charge in [0.1, 0.15) is 0 Å². The lowest BCUT2D eigenvalue weighted by Crippen LogP contribution is -2.22. The summed E-state index contributed by atoms with van der Waals surface area (Å²) in [5, 5.41) is 2.84. The molecule has 0 aliphatic rings. The number of amides is 1. The maximum Gasteiger partial charge on any atom is 0.338 e. The van der Waals surface area contributed by atoms with E-state index in [1.807, 2.05) is 32.0 Å². The Morgan fingerprint density at radius 2 is 1.87 bits per heavy atom. The molecule has 0 radical (unpaired) electrons. The number of hydrogen-bond donors (Lipinski definition) is 1. The highest BCUT2D eigenvalue weighted by atomic mass is 16.5. The van der Waals surface area contributed by atoms with Gasteiger partial charge in [0.05, 0.1) is 19.3 Å². The lowest BCUT2D eigenvalue weighted by molar-refractivity contribution is -0.119. The van der Waals surface area contributed by atoms with Crippen molar-refractivity contribution < 1.29 is 23.8 Å². The Kier molecular flexibility index (Phi) is 8.71. The van der Waals surface area contributed by atoms with Crippen molar-refractivity contribution in [2.75, 3.05) is 25.6 Å².